The molecule has 0 aromatic heterocycles. The highest BCUT2D eigenvalue weighted by Crippen LogP contribution is 2.22. The van der Waals surface area contributed by atoms with Gasteiger partial charge in [0.2, 0.25) is 11.8 Å². The average molecular weight is 368 g/mol. The highest BCUT2D eigenvalue weighted by molar-refractivity contribution is 9.10. The molecule has 0 unspecified atom stereocenters. The molecule has 2 aromatic rings. The molecule has 0 saturated heterocycles. The molecular formula is C15H12BrClN2O2. The van der Waals surface area contributed by atoms with Crippen LogP contribution in [0.4, 0.5) is 11.4 Å². The van der Waals surface area contributed by atoms with E-state index in [9.17, 15) is 9.59 Å². The zero-order valence-electron chi connectivity index (χ0n) is 10.9. The highest BCUT2D eigenvalue weighted by Gasteiger charge is 2.12. The van der Waals surface area contributed by atoms with Crippen molar-refractivity contribution in [2.45, 2.75) is 6.42 Å². The SMILES string of the molecule is O=C(CC(=O)Nc1ccccc1Br)Nc1ccccc1Cl. The van der Waals surface area contributed by atoms with E-state index in [4.69, 9.17) is 11.6 Å². The second-order valence-electron chi connectivity index (χ2n) is 4.23. The molecule has 4 nitrogen and oxygen atoms in total. The maximum absolute atomic E-state index is 11.8. The molecule has 0 radical (unpaired) electrons. The predicted octanol–water partition coefficient (Wildman–Crippen LogP) is 4.07. The van der Waals surface area contributed by atoms with Gasteiger partial charge in [-0.1, -0.05) is 35.9 Å². The Kier molecular flexibility index (Phi) is 5.36. The van der Waals surface area contributed by atoms with Crippen LogP contribution in [0.25, 0.3) is 0 Å². The van der Waals surface area contributed by atoms with Gasteiger partial charge in [0.1, 0.15) is 6.42 Å². The van der Waals surface area contributed by atoms with E-state index in [1.54, 1.807) is 42.5 Å². The second-order valence-corrected chi connectivity index (χ2v) is 5.49. The van der Waals surface area contributed by atoms with Gasteiger partial charge in [-0.15, -0.1) is 0 Å². The van der Waals surface area contributed by atoms with Gasteiger partial charge < -0.3 is 10.6 Å². The van der Waals surface area contributed by atoms with Crippen molar-refractivity contribution in [2.75, 3.05) is 10.6 Å². The number of carbonyl (C=O) groups excluding carboxylic acids is 2. The van der Waals surface area contributed by atoms with Gasteiger partial charge in [-0.3, -0.25) is 9.59 Å². The fraction of sp³-hybridized carbons (Fsp3) is 0.0667. The largest absolute Gasteiger partial charge is 0.325 e. The molecule has 2 aromatic carbocycles. The molecule has 2 N–H and O–H groups in total. The van der Waals surface area contributed by atoms with E-state index in [1.165, 1.54) is 0 Å². The van der Waals surface area contributed by atoms with Crippen molar-refractivity contribution in [3.63, 3.8) is 0 Å². The first-order chi connectivity index (χ1) is 10.1. The van der Waals surface area contributed by atoms with Gasteiger partial charge in [-0.25, -0.2) is 0 Å². The number of amides is 2. The quantitative estimate of drug-likeness (QED) is 0.800. The Morgan fingerprint density at radius 3 is 2.05 bits per heavy atom. The van der Waals surface area contributed by atoms with Gasteiger partial charge in [-0.05, 0) is 40.2 Å². The van der Waals surface area contributed by atoms with Crippen LogP contribution in [0.1, 0.15) is 6.42 Å². The van der Waals surface area contributed by atoms with Gasteiger partial charge in [0.05, 0.1) is 16.4 Å². The van der Waals surface area contributed by atoms with E-state index < -0.39 is 11.8 Å². The van der Waals surface area contributed by atoms with Gasteiger partial charge in [-0.2, -0.15) is 0 Å². The minimum absolute atomic E-state index is 0.285. The first-order valence-corrected chi connectivity index (χ1v) is 7.32. The van der Waals surface area contributed by atoms with Crippen LogP contribution in [0.2, 0.25) is 5.02 Å². The minimum atomic E-state index is -0.423. The molecule has 0 spiro atoms. The summed E-state index contributed by atoms with van der Waals surface area (Å²) in [5.41, 5.74) is 1.10. The Labute approximate surface area is 135 Å². The van der Waals surface area contributed by atoms with E-state index in [-0.39, 0.29) is 6.42 Å². The fourth-order valence-electron chi connectivity index (χ4n) is 1.66. The number of para-hydroxylation sites is 2. The predicted molar refractivity (Wildman–Crippen MR) is 87.5 cm³/mol. The van der Waals surface area contributed by atoms with E-state index in [1.807, 2.05) is 6.07 Å². The summed E-state index contributed by atoms with van der Waals surface area (Å²) in [7, 11) is 0. The van der Waals surface area contributed by atoms with Gasteiger partial charge >= 0.3 is 0 Å². The van der Waals surface area contributed by atoms with Crippen molar-refractivity contribution < 1.29 is 9.59 Å². The van der Waals surface area contributed by atoms with Crippen molar-refractivity contribution in [2.24, 2.45) is 0 Å². The molecule has 0 saturated carbocycles. The molecule has 2 amide bonds. The fourth-order valence-corrected chi connectivity index (χ4v) is 2.23. The number of halogens is 2. The summed E-state index contributed by atoms with van der Waals surface area (Å²) in [5.74, 6) is -0.820. The third kappa shape index (κ3) is 4.58. The van der Waals surface area contributed by atoms with Crippen molar-refractivity contribution in [1.29, 1.82) is 0 Å². The summed E-state index contributed by atoms with van der Waals surface area (Å²) < 4.78 is 0.755. The number of hydrogen-bond donors (Lipinski definition) is 2. The lowest BCUT2D eigenvalue weighted by Gasteiger charge is -2.08. The molecule has 6 heteroatoms. The van der Waals surface area contributed by atoms with Crippen molar-refractivity contribution in [3.8, 4) is 0 Å². The molecule has 0 heterocycles. The maximum atomic E-state index is 11.8. The van der Waals surface area contributed by atoms with E-state index in [0.29, 0.717) is 16.4 Å². The Morgan fingerprint density at radius 1 is 0.905 bits per heavy atom. The van der Waals surface area contributed by atoms with Crippen LogP contribution in [0.5, 0.6) is 0 Å². The lowest BCUT2D eigenvalue weighted by molar-refractivity contribution is -0.123. The Morgan fingerprint density at radius 2 is 1.43 bits per heavy atom. The summed E-state index contributed by atoms with van der Waals surface area (Å²) >= 11 is 9.26. The highest BCUT2D eigenvalue weighted by atomic mass is 79.9. The van der Waals surface area contributed by atoms with Crippen LogP contribution < -0.4 is 10.6 Å². The van der Waals surface area contributed by atoms with Crippen LogP contribution in [0, 0.1) is 0 Å². The molecular weight excluding hydrogens is 356 g/mol. The lowest BCUT2D eigenvalue weighted by atomic mass is 10.3. The minimum Gasteiger partial charge on any atom is -0.325 e. The topological polar surface area (TPSA) is 58.2 Å². The molecule has 0 aliphatic carbocycles. The number of carbonyl (C=O) groups is 2. The molecule has 0 aliphatic heterocycles. The number of rotatable bonds is 4. The molecule has 2 rings (SSSR count). The van der Waals surface area contributed by atoms with Gasteiger partial charge in [0.25, 0.3) is 0 Å². The van der Waals surface area contributed by atoms with Crippen LogP contribution >= 0.6 is 27.5 Å². The normalized spacial score (nSPS) is 10.0. The van der Waals surface area contributed by atoms with Crippen molar-refractivity contribution in [3.05, 3.63) is 58.0 Å². The summed E-state index contributed by atoms with van der Waals surface area (Å²) in [6.45, 7) is 0. The second kappa shape index (κ2) is 7.24. The summed E-state index contributed by atoms with van der Waals surface area (Å²) in [6, 6.07) is 14.0. The van der Waals surface area contributed by atoms with Crippen molar-refractivity contribution >= 4 is 50.7 Å². The first kappa shape index (κ1) is 15.5. The first-order valence-electron chi connectivity index (χ1n) is 6.15. The molecule has 0 bridgehead atoms. The smallest absolute Gasteiger partial charge is 0.233 e. The van der Waals surface area contributed by atoms with Crippen LogP contribution in [-0.4, -0.2) is 11.8 Å². The Hall–Kier alpha value is -1.85. The maximum Gasteiger partial charge on any atom is 0.233 e. The summed E-state index contributed by atoms with van der Waals surface area (Å²) in [5, 5.41) is 5.69. The van der Waals surface area contributed by atoms with Crippen LogP contribution in [0.3, 0.4) is 0 Å². The molecule has 0 atom stereocenters. The average Bonchev–Trinajstić information content (AvgIpc) is 2.44. The Bertz CT molecular complexity index is 619. The number of hydrogen-bond acceptors (Lipinski definition) is 2. The monoisotopic (exact) mass is 366 g/mol. The number of nitrogens with one attached hydrogen (secondary N) is 2. The van der Waals surface area contributed by atoms with E-state index >= 15 is 0 Å². The summed E-state index contributed by atoms with van der Waals surface area (Å²) in [4.78, 5) is 23.6. The third-order valence-electron chi connectivity index (χ3n) is 2.62. The number of anilines is 2. The van der Waals surface area contributed by atoms with Crippen LogP contribution in [0.15, 0.2) is 53.0 Å². The van der Waals surface area contributed by atoms with Gasteiger partial charge in [0, 0.05) is 4.47 Å². The van der Waals surface area contributed by atoms with Gasteiger partial charge in [0.15, 0.2) is 0 Å². The third-order valence-corrected chi connectivity index (χ3v) is 3.64. The molecule has 0 aliphatic rings. The number of benzene rings is 2. The zero-order valence-corrected chi connectivity index (χ0v) is 13.2. The standard InChI is InChI=1S/C15H12BrClN2O2/c16-10-5-1-3-7-12(10)18-14(20)9-15(21)19-13-8-4-2-6-11(13)17/h1-8H,9H2,(H,18,20)(H,19,21). The lowest BCUT2D eigenvalue weighted by Crippen LogP contribution is -2.21. The summed E-state index contributed by atoms with van der Waals surface area (Å²) in [6.07, 6.45) is -0.285. The molecule has 108 valence electrons. The Balaban J connectivity index is 1.93. The zero-order chi connectivity index (χ0) is 15.2. The van der Waals surface area contributed by atoms with E-state index in [2.05, 4.69) is 26.6 Å². The van der Waals surface area contributed by atoms with E-state index in [0.717, 1.165) is 4.47 Å². The van der Waals surface area contributed by atoms with Crippen molar-refractivity contribution in [1.82, 2.24) is 0 Å². The molecule has 0 fully saturated rings. The van der Waals surface area contributed by atoms with Crippen LogP contribution in [-0.2, 0) is 9.59 Å². The molecule has 21 heavy (non-hydrogen) atoms.